The average molecular weight is 294 g/mol. The van der Waals surface area contributed by atoms with Crippen LogP contribution in [0, 0.1) is 5.82 Å². The van der Waals surface area contributed by atoms with Crippen LogP contribution in [0.1, 0.15) is 30.9 Å². The maximum atomic E-state index is 13.8. The van der Waals surface area contributed by atoms with Crippen molar-refractivity contribution >= 4 is 11.6 Å². The summed E-state index contributed by atoms with van der Waals surface area (Å²) in [5, 5.41) is 3.93. The van der Waals surface area contributed by atoms with Gasteiger partial charge in [0.1, 0.15) is 5.82 Å². The fourth-order valence-electron chi connectivity index (χ4n) is 2.94. The molecule has 1 fully saturated rings. The molecule has 1 aliphatic carbocycles. The molecule has 0 spiro atoms. The largest absolute Gasteiger partial charge is 0.333 e. The van der Waals surface area contributed by atoms with E-state index in [1.165, 1.54) is 12.5 Å². The van der Waals surface area contributed by atoms with Crippen molar-refractivity contribution in [2.24, 2.45) is 0 Å². The maximum absolute atomic E-state index is 13.8. The summed E-state index contributed by atoms with van der Waals surface area (Å²) in [5.41, 5.74) is 0.547. The van der Waals surface area contributed by atoms with Crippen molar-refractivity contribution in [2.75, 3.05) is 0 Å². The Hall–Kier alpha value is -1.39. The number of halogens is 2. The summed E-state index contributed by atoms with van der Waals surface area (Å²) in [6.07, 6.45) is 9.02. The summed E-state index contributed by atoms with van der Waals surface area (Å²) >= 11 is 6.06. The van der Waals surface area contributed by atoms with Crippen LogP contribution in [0.3, 0.4) is 0 Å². The van der Waals surface area contributed by atoms with Gasteiger partial charge in [-0.3, -0.25) is 0 Å². The van der Waals surface area contributed by atoms with E-state index in [9.17, 15) is 4.39 Å². The summed E-state index contributed by atoms with van der Waals surface area (Å²) in [6.45, 7) is 0.460. The zero-order chi connectivity index (χ0) is 13.9. The molecule has 2 aromatic rings. The van der Waals surface area contributed by atoms with Crippen LogP contribution < -0.4 is 5.32 Å². The van der Waals surface area contributed by atoms with Crippen molar-refractivity contribution in [3.63, 3.8) is 0 Å². The van der Waals surface area contributed by atoms with E-state index in [0.717, 1.165) is 12.8 Å². The lowest BCUT2D eigenvalue weighted by Crippen LogP contribution is -2.33. The van der Waals surface area contributed by atoms with Gasteiger partial charge in [0, 0.05) is 41.6 Å². The summed E-state index contributed by atoms with van der Waals surface area (Å²) in [6, 6.07) is 5.53. The molecule has 1 aromatic carbocycles. The first-order chi connectivity index (χ1) is 9.75. The summed E-state index contributed by atoms with van der Waals surface area (Å²) < 4.78 is 15.9. The Kier molecular flexibility index (Phi) is 4.03. The van der Waals surface area contributed by atoms with Gasteiger partial charge < -0.3 is 9.88 Å². The van der Waals surface area contributed by atoms with Crippen molar-refractivity contribution in [1.29, 1.82) is 0 Å². The van der Waals surface area contributed by atoms with Crippen LogP contribution in [0.2, 0.25) is 5.02 Å². The maximum Gasteiger partial charge on any atom is 0.129 e. The quantitative estimate of drug-likeness (QED) is 0.934. The predicted octanol–water partition coefficient (Wildman–Crippen LogP) is 3.56. The molecule has 2 unspecified atom stereocenters. The lowest BCUT2D eigenvalue weighted by atomic mass is 10.1. The van der Waals surface area contributed by atoms with E-state index < -0.39 is 0 Å². The van der Waals surface area contributed by atoms with E-state index in [4.69, 9.17) is 11.6 Å². The summed E-state index contributed by atoms with van der Waals surface area (Å²) in [4.78, 5) is 4.10. The Morgan fingerprint density at radius 1 is 1.40 bits per heavy atom. The number of imidazole rings is 1. The van der Waals surface area contributed by atoms with E-state index in [-0.39, 0.29) is 5.82 Å². The Balaban J connectivity index is 1.69. The van der Waals surface area contributed by atoms with E-state index >= 15 is 0 Å². The highest BCUT2D eigenvalue weighted by atomic mass is 35.5. The van der Waals surface area contributed by atoms with E-state index in [1.807, 2.05) is 12.5 Å². The van der Waals surface area contributed by atoms with Gasteiger partial charge in [-0.25, -0.2) is 9.37 Å². The van der Waals surface area contributed by atoms with Crippen LogP contribution in [-0.4, -0.2) is 15.6 Å². The van der Waals surface area contributed by atoms with Gasteiger partial charge in [-0.2, -0.15) is 0 Å². The third-order valence-electron chi connectivity index (χ3n) is 3.99. The van der Waals surface area contributed by atoms with Gasteiger partial charge in [0.05, 0.1) is 6.33 Å². The molecule has 3 rings (SSSR count). The molecule has 0 radical (unpaired) electrons. The minimum absolute atomic E-state index is 0.248. The van der Waals surface area contributed by atoms with E-state index in [0.29, 0.717) is 29.2 Å². The van der Waals surface area contributed by atoms with Crippen LogP contribution in [0.15, 0.2) is 36.9 Å². The molecule has 1 aromatic heterocycles. The second-order valence-corrected chi connectivity index (χ2v) is 5.60. The molecule has 0 bridgehead atoms. The SMILES string of the molecule is Fc1cccc(Cl)c1CNC1CCCC1n1ccnc1. The molecule has 1 heterocycles. The molecule has 0 aliphatic heterocycles. The van der Waals surface area contributed by atoms with Crippen molar-refractivity contribution < 1.29 is 4.39 Å². The highest BCUT2D eigenvalue weighted by Crippen LogP contribution is 2.30. The molecule has 3 nitrogen and oxygen atoms in total. The zero-order valence-corrected chi connectivity index (χ0v) is 11.9. The first-order valence-electron chi connectivity index (χ1n) is 6.89. The zero-order valence-electron chi connectivity index (χ0n) is 11.1. The number of rotatable bonds is 4. The second-order valence-electron chi connectivity index (χ2n) is 5.20. The number of benzene rings is 1. The van der Waals surface area contributed by atoms with Crippen molar-refractivity contribution in [3.05, 3.63) is 53.3 Å². The van der Waals surface area contributed by atoms with Crippen molar-refractivity contribution in [2.45, 2.75) is 37.9 Å². The number of nitrogens with zero attached hydrogens (tertiary/aromatic N) is 2. The fraction of sp³-hybridized carbons (Fsp3) is 0.400. The number of nitrogens with one attached hydrogen (secondary N) is 1. The normalized spacial score (nSPS) is 22.3. The Labute approximate surface area is 122 Å². The number of aromatic nitrogens is 2. The van der Waals surface area contributed by atoms with Gasteiger partial charge in [-0.05, 0) is 31.4 Å². The molecular weight excluding hydrogens is 277 g/mol. The first kappa shape index (κ1) is 13.6. The molecule has 5 heteroatoms. The van der Waals surface area contributed by atoms with Gasteiger partial charge >= 0.3 is 0 Å². The molecular formula is C15H17ClFN3. The van der Waals surface area contributed by atoms with E-state index in [2.05, 4.69) is 14.9 Å². The lowest BCUT2D eigenvalue weighted by Gasteiger charge is -2.22. The van der Waals surface area contributed by atoms with Gasteiger partial charge in [0.2, 0.25) is 0 Å². The van der Waals surface area contributed by atoms with E-state index in [1.54, 1.807) is 18.3 Å². The van der Waals surface area contributed by atoms with Crippen molar-refractivity contribution in [3.8, 4) is 0 Å². The molecule has 1 N–H and O–H groups in total. The molecule has 0 amide bonds. The predicted molar refractivity (Wildman–Crippen MR) is 77.2 cm³/mol. The first-order valence-corrected chi connectivity index (χ1v) is 7.27. The molecule has 2 atom stereocenters. The lowest BCUT2D eigenvalue weighted by molar-refractivity contribution is 0.388. The fourth-order valence-corrected chi connectivity index (χ4v) is 3.17. The molecule has 1 aliphatic rings. The highest BCUT2D eigenvalue weighted by molar-refractivity contribution is 6.31. The third-order valence-corrected chi connectivity index (χ3v) is 4.34. The standard InChI is InChI=1S/C15H17ClFN3/c16-12-3-1-4-13(17)11(12)9-19-14-5-2-6-15(14)20-8-7-18-10-20/h1,3-4,7-8,10,14-15,19H,2,5-6,9H2. The molecule has 1 saturated carbocycles. The van der Waals surface area contributed by atoms with Crippen LogP contribution >= 0.6 is 11.6 Å². The Morgan fingerprint density at radius 2 is 2.30 bits per heavy atom. The number of hydrogen-bond donors (Lipinski definition) is 1. The van der Waals surface area contributed by atoms with Gasteiger partial charge in [-0.15, -0.1) is 0 Å². The van der Waals surface area contributed by atoms with Gasteiger partial charge in [-0.1, -0.05) is 17.7 Å². The average Bonchev–Trinajstić information content (AvgIpc) is 3.08. The summed E-state index contributed by atoms with van der Waals surface area (Å²) in [5.74, 6) is -0.248. The van der Waals surface area contributed by atoms with Gasteiger partial charge in [0.25, 0.3) is 0 Å². The second kappa shape index (κ2) is 5.94. The summed E-state index contributed by atoms with van der Waals surface area (Å²) in [7, 11) is 0. The Morgan fingerprint density at radius 3 is 3.05 bits per heavy atom. The minimum atomic E-state index is -0.248. The van der Waals surface area contributed by atoms with Crippen molar-refractivity contribution in [1.82, 2.24) is 14.9 Å². The smallest absolute Gasteiger partial charge is 0.129 e. The van der Waals surface area contributed by atoms with Crippen LogP contribution in [0.4, 0.5) is 4.39 Å². The molecule has 106 valence electrons. The monoisotopic (exact) mass is 293 g/mol. The van der Waals surface area contributed by atoms with Crippen LogP contribution in [-0.2, 0) is 6.54 Å². The number of hydrogen-bond acceptors (Lipinski definition) is 2. The molecule has 0 saturated heterocycles. The molecule has 20 heavy (non-hydrogen) atoms. The van der Waals surface area contributed by atoms with Gasteiger partial charge in [0.15, 0.2) is 0 Å². The third kappa shape index (κ3) is 2.72. The topological polar surface area (TPSA) is 29.9 Å². The van der Waals surface area contributed by atoms with Crippen LogP contribution in [0.25, 0.3) is 0 Å². The minimum Gasteiger partial charge on any atom is -0.333 e. The van der Waals surface area contributed by atoms with Crippen LogP contribution in [0.5, 0.6) is 0 Å². The Bertz CT molecular complexity index is 550. The highest BCUT2D eigenvalue weighted by Gasteiger charge is 2.28.